The third kappa shape index (κ3) is 9.60. The van der Waals surface area contributed by atoms with Crippen LogP contribution in [0.25, 0.3) is 0 Å². The van der Waals surface area contributed by atoms with Crippen LogP contribution in [0.4, 0.5) is 0 Å². The summed E-state index contributed by atoms with van der Waals surface area (Å²) in [5, 5.41) is 41.1. The third-order valence-electron chi connectivity index (χ3n) is 18.8. The molecule has 8 rings (SSSR count). The predicted molar refractivity (Wildman–Crippen MR) is 261 cm³/mol. The van der Waals surface area contributed by atoms with Gasteiger partial charge in [0.1, 0.15) is 12.7 Å². The van der Waals surface area contributed by atoms with Gasteiger partial charge in [-0.1, -0.05) is 139 Å². The first-order valence-electron chi connectivity index (χ1n) is 26.5. The van der Waals surface area contributed by atoms with Gasteiger partial charge >= 0.3 is 11.9 Å². The largest absolute Gasteiger partial charge is 0.462 e. The molecule has 4 aliphatic carbocycles. The van der Waals surface area contributed by atoms with Crippen LogP contribution in [0.15, 0.2) is 72.3 Å². The van der Waals surface area contributed by atoms with E-state index in [4.69, 9.17) is 9.47 Å². The molecule has 13 unspecified atom stereocenters. The van der Waals surface area contributed by atoms with Crippen molar-refractivity contribution in [3.63, 3.8) is 0 Å². The van der Waals surface area contributed by atoms with E-state index in [0.717, 1.165) is 76.2 Å². The normalized spacial score (nSPS) is 37.3. The summed E-state index contributed by atoms with van der Waals surface area (Å²) in [7, 11) is 0. The summed E-state index contributed by atoms with van der Waals surface area (Å²) in [4.78, 5) is 27.9. The van der Waals surface area contributed by atoms with Gasteiger partial charge in [-0.05, 0) is 136 Å². The van der Waals surface area contributed by atoms with Gasteiger partial charge < -0.3 is 24.8 Å². The molecule has 7 heteroatoms. The molecular weight excluding hydrogens is 821 g/mol. The highest BCUT2D eigenvalue weighted by Gasteiger charge is 2.78. The van der Waals surface area contributed by atoms with Crippen LogP contribution in [0.1, 0.15) is 174 Å². The highest BCUT2D eigenvalue weighted by molar-refractivity contribution is 5.85. The molecule has 2 heterocycles. The van der Waals surface area contributed by atoms with Crippen LogP contribution in [-0.2, 0) is 31.9 Å². The number of ether oxygens (including phenoxy) is 2. The molecule has 2 aromatic carbocycles. The molecule has 7 nitrogen and oxygen atoms in total. The Balaban J connectivity index is 1.20. The zero-order valence-electron chi connectivity index (χ0n) is 40.9. The molecule has 0 aromatic heterocycles. The van der Waals surface area contributed by atoms with Crippen molar-refractivity contribution in [2.45, 2.75) is 199 Å². The van der Waals surface area contributed by atoms with Crippen molar-refractivity contribution < 1.29 is 34.4 Å². The lowest BCUT2D eigenvalue weighted by Gasteiger charge is -2.71. The number of fused-ring (bicyclic) bond motifs is 4. The van der Waals surface area contributed by atoms with Crippen molar-refractivity contribution in [2.24, 2.45) is 51.2 Å². The predicted octanol–water partition coefficient (Wildman–Crippen LogP) is 11.7. The first-order chi connectivity index (χ1) is 31.7. The van der Waals surface area contributed by atoms with E-state index in [0.29, 0.717) is 68.6 Å². The number of hydrogen-bond donors (Lipinski definition) is 3. The maximum Gasteiger partial charge on any atom is 0.331 e. The Kier molecular flexibility index (Phi) is 15.3. The second kappa shape index (κ2) is 20.7. The molecule has 360 valence electrons. The third-order valence-corrected chi connectivity index (χ3v) is 18.8. The van der Waals surface area contributed by atoms with Crippen LogP contribution in [0.5, 0.6) is 0 Å². The fraction of sp³-hybridized carbons (Fsp3) is 0.695. The Hall–Kier alpha value is -3.44. The van der Waals surface area contributed by atoms with Gasteiger partial charge in [-0.3, -0.25) is 4.79 Å². The highest BCUT2D eigenvalue weighted by Crippen LogP contribution is 2.72. The number of rotatable bonds is 18. The minimum absolute atomic E-state index is 0.172. The lowest BCUT2D eigenvalue weighted by molar-refractivity contribution is -0.338. The number of aryl methyl sites for hydroxylation is 1. The van der Waals surface area contributed by atoms with Crippen LogP contribution in [0, 0.1) is 63.1 Å². The fourth-order valence-electron chi connectivity index (χ4n) is 15.3. The molecule has 0 amide bonds. The summed E-state index contributed by atoms with van der Waals surface area (Å²) in [6.45, 7) is 9.10. The van der Waals surface area contributed by atoms with Crippen LogP contribution < -0.4 is 0 Å². The standard InChI is InChI=1S/C59H82O7/c1-5-6-9-20-45-26-27-48(37-45)56(4)34-30-51(61)59(50(60)28-25-42(2)17-14-23-43-18-10-7-11-19-43)53(56)49-40-55(3,58(59,64)35-29-47-38-52(62)65-41-47)31-16-33-57(54(63)66-49)32-15-24-46(39-57)36-44-21-12-8-13-22-44/h7-8,10-13,18-19,21-22,38,42,45-46,48-51,53,60-61,64H,5-6,9,14-15,17,20,23-30,32-37,39-41H2,1-4H3. The van der Waals surface area contributed by atoms with Crippen molar-refractivity contribution in [1.82, 2.24) is 0 Å². The van der Waals surface area contributed by atoms with Crippen molar-refractivity contribution in [1.29, 1.82) is 0 Å². The quantitative estimate of drug-likeness (QED) is 0.0776. The fourth-order valence-corrected chi connectivity index (χ4v) is 15.3. The van der Waals surface area contributed by atoms with E-state index in [9.17, 15) is 20.1 Å². The van der Waals surface area contributed by atoms with Gasteiger partial charge in [-0.15, -0.1) is 5.92 Å². The van der Waals surface area contributed by atoms with E-state index in [2.05, 4.69) is 87.2 Å². The molecule has 66 heavy (non-hydrogen) atoms. The molecule has 2 bridgehead atoms. The molecule has 0 saturated heterocycles. The number of hydrogen-bond acceptors (Lipinski definition) is 7. The molecule has 13 atom stereocenters. The van der Waals surface area contributed by atoms with Gasteiger partial charge in [0.2, 0.25) is 0 Å². The number of carbonyl (C=O) groups excluding carboxylic acids is 2. The molecule has 3 N–H and O–H groups in total. The summed E-state index contributed by atoms with van der Waals surface area (Å²) in [5.74, 6) is 7.74. The number of aliphatic hydroxyl groups is 3. The summed E-state index contributed by atoms with van der Waals surface area (Å²) in [5.41, 5.74) is -2.14. The summed E-state index contributed by atoms with van der Waals surface area (Å²) in [6.07, 6.45) is 17.8. The van der Waals surface area contributed by atoms with Gasteiger partial charge in [0.15, 0.2) is 0 Å². The Labute approximate surface area is 397 Å². The lowest BCUT2D eigenvalue weighted by atomic mass is 9.35. The van der Waals surface area contributed by atoms with Gasteiger partial charge in [-0.2, -0.15) is 0 Å². The first kappa shape index (κ1) is 49.0. The Bertz CT molecular complexity index is 2050. The number of benzene rings is 2. The van der Waals surface area contributed by atoms with Gasteiger partial charge in [0.05, 0.1) is 34.1 Å². The number of unbranched alkanes of at least 4 members (excludes halogenated alkanes) is 2. The van der Waals surface area contributed by atoms with Crippen molar-refractivity contribution >= 4 is 11.9 Å². The number of cyclic esters (lactones) is 1. The number of aliphatic hydroxyl groups excluding tert-OH is 2. The maximum atomic E-state index is 15.4. The highest BCUT2D eigenvalue weighted by atomic mass is 16.5. The van der Waals surface area contributed by atoms with E-state index in [1.165, 1.54) is 36.8 Å². The van der Waals surface area contributed by atoms with Crippen LogP contribution in [0.2, 0.25) is 0 Å². The first-order valence-corrected chi connectivity index (χ1v) is 26.5. The van der Waals surface area contributed by atoms with E-state index in [-0.39, 0.29) is 25.0 Å². The minimum Gasteiger partial charge on any atom is -0.462 e. The summed E-state index contributed by atoms with van der Waals surface area (Å²) >= 11 is 0. The second-order valence-corrected chi connectivity index (χ2v) is 23.1. The Morgan fingerprint density at radius 3 is 2.33 bits per heavy atom. The summed E-state index contributed by atoms with van der Waals surface area (Å²) < 4.78 is 12.6. The Morgan fingerprint density at radius 2 is 1.61 bits per heavy atom. The van der Waals surface area contributed by atoms with Crippen molar-refractivity contribution in [3.05, 3.63) is 83.4 Å². The Morgan fingerprint density at radius 1 is 0.848 bits per heavy atom. The van der Waals surface area contributed by atoms with E-state index in [1.807, 2.05) is 13.0 Å². The van der Waals surface area contributed by atoms with Gasteiger partial charge in [-0.25, -0.2) is 4.79 Å². The minimum atomic E-state index is -1.71. The van der Waals surface area contributed by atoms with Gasteiger partial charge in [0, 0.05) is 24.8 Å². The molecule has 1 spiro atoms. The molecular formula is C59H82O7. The average Bonchev–Trinajstić information content (AvgIpc) is 3.98. The van der Waals surface area contributed by atoms with Crippen LogP contribution in [-0.4, -0.2) is 57.8 Å². The number of esters is 2. The van der Waals surface area contributed by atoms with Crippen LogP contribution in [0.3, 0.4) is 0 Å². The van der Waals surface area contributed by atoms with E-state index in [1.54, 1.807) is 6.08 Å². The molecule has 2 aromatic rings. The average molecular weight is 903 g/mol. The molecule has 4 fully saturated rings. The molecule has 6 aliphatic rings. The number of carbonyl (C=O) groups is 2. The maximum absolute atomic E-state index is 15.4. The van der Waals surface area contributed by atoms with Gasteiger partial charge in [0.25, 0.3) is 0 Å². The van der Waals surface area contributed by atoms with Crippen LogP contribution >= 0.6 is 0 Å². The molecule has 2 aliphatic heterocycles. The topological polar surface area (TPSA) is 113 Å². The monoisotopic (exact) mass is 903 g/mol. The molecule has 4 saturated carbocycles. The van der Waals surface area contributed by atoms with E-state index < -0.39 is 51.5 Å². The van der Waals surface area contributed by atoms with Crippen molar-refractivity contribution in [2.75, 3.05) is 6.61 Å². The smallest absolute Gasteiger partial charge is 0.331 e. The SMILES string of the molecule is CCCCCC1CCC(C2(C)CCC(O)C3(C(O)CCC(C)CCCc4ccccc4)C2C2CC(C)(C#CCC4(CCCC(Cc5ccccc5)C4)C(=O)O2)C3(O)CCC2=CC(=O)OC2)C1. The summed E-state index contributed by atoms with van der Waals surface area (Å²) in [6, 6.07) is 21.2. The van der Waals surface area contributed by atoms with E-state index >= 15 is 4.79 Å². The lowest BCUT2D eigenvalue weighted by Crippen LogP contribution is -2.79. The zero-order valence-corrected chi connectivity index (χ0v) is 40.9. The molecule has 0 radical (unpaired) electrons. The second-order valence-electron chi connectivity index (χ2n) is 23.1. The van der Waals surface area contributed by atoms with Crippen molar-refractivity contribution in [3.8, 4) is 11.8 Å². The zero-order chi connectivity index (χ0) is 46.6.